The van der Waals surface area contributed by atoms with E-state index in [1.54, 1.807) is 18.7 Å². The second kappa shape index (κ2) is 11.3. The number of hydrogen-bond acceptors (Lipinski definition) is 5. The lowest BCUT2D eigenvalue weighted by Gasteiger charge is -2.34. The lowest BCUT2D eigenvalue weighted by molar-refractivity contribution is -0.140. The minimum Gasteiger partial charge on any atom is -0.318 e. The lowest BCUT2D eigenvalue weighted by atomic mass is 9.67. The van der Waals surface area contributed by atoms with Crippen LogP contribution in [0.4, 0.5) is 0 Å². The summed E-state index contributed by atoms with van der Waals surface area (Å²) in [4.78, 5) is 31.9. The zero-order chi connectivity index (χ0) is 29.3. The van der Waals surface area contributed by atoms with Gasteiger partial charge in [0.1, 0.15) is 5.71 Å². The third-order valence-corrected chi connectivity index (χ3v) is 8.68. The van der Waals surface area contributed by atoms with E-state index in [9.17, 15) is 9.59 Å². The van der Waals surface area contributed by atoms with Gasteiger partial charge in [-0.05, 0) is 77.6 Å². The fourth-order valence-corrected chi connectivity index (χ4v) is 6.66. The van der Waals surface area contributed by atoms with Crippen LogP contribution >= 0.6 is 11.8 Å². The SMILES string of the molecule is CC(=O)ON=C(C)C(=O)c1ccc2c(c1)C(c1ccccc1)(c1ccccc1)c1cc(Sc3ccc(C)cc3)ccc1-2. The number of rotatable bonds is 7. The van der Waals surface area contributed by atoms with Crippen LogP contribution in [0.5, 0.6) is 0 Å². The van der Waals surface area contributed by atoms with E-state index in [-0.39, 0.29) is 11.5 Å². The van der Waals surface area contributed by atoms with Crippen molar-refractivity contribution in [2.75, 3.05) is 0 Å². The largest absolute Gasteiger partial charge is 0.331 e. The number of fused-ring (bicyclic) bond motifs is 3. The number of hydrogen-bond donors (Lipinski definition) is 0. The molecular formula is C37H29NO3S. The molecular weight excluding hydrogens is 538 g/mol. The molecule has 0 atom stereocenters. The molecule has 0 saturated carbocycles. The van der Waals surface area contributed by atoms with Gasteiger partial charge in [-0.2, -0.15) is 0 Å². The van der Waals surface area contributed by atoms with Crippen LogP contribution in [0.15, 0.2) is 136 Å². The zero-order valence-electron chi connectivity index (χ0n) is 23.6. The molecule has 5 heteroatoms. The van der Waals surface area contributed by atoms with Crippen molar-refractivity contribution in [1.29, 1.82) is 0 Å². The molecule has 5 aromatic rings. The quantitative estimate of drug-likeness (QED) is 0.0839. The molecule has 0 radical (unpaired) electrons. The summed E-state index contributed by atoms with van der Waals surface area (Å²) in [5, 5.41) is 3.76. The van der Waals surface area contributed by atoms with E-state index in [4.69, 9.17) is 4.84 Å². The van der Waals surface area contributed by atoms with Crippen molar-refractivity contribution in [3.05, 3.63) is 155 Å². The molecule has 0 N–H and O–H groups in total. The van der Waals surface area contributed by atoms with Crippen molar-refractivity contribution in [2.24, 2.45) is 5.16 Å². The predicted molar refractivity (Wildman–Crippen MR) is 168 cm³/mol. The maximum Gasteiger partial charge on any atom is 0.331 e. The molecule has 0 heterocycles. The first-order valence-electron chi connectivity index (χ1n) is 13.8. The van der Waals surface area contributed by atoms with Crippen LogP contribution in [0.25, 0.3) is 11.1 Å². The smallest absolute Gasteiger partial charge is 0.318 e. The van der Waals surface area contributed by atoms with E-state index in [1.807, 2.05) is 30.3 Å². The number of nitrogens with zero attached hydrogens (tertiary/aromatic N) is 1. The highest BCUT2D eigenvalue weighted by Gasteiger charge is 2.46. The summed E-state index contributed by atoms with van der Waals surface area (Å²) in [5.41, 5.74) is 7.81. The van der Waals surface area contributed by atoms with Crippen molar-refractivity contribution < 1.29 is 14.4 Å². The van der Waals surface area contributed by atoms with Crippen LogP contribution in [-0.4, -0.2) is 17.5 Å². The Morgan fingerprint density at radius 2 is 1.21 bits per heavy atom. The van der Waals surface area contributed by atoms with Gasteiger partial charge in [-0.15, -0.1) is 0 Å². The van der Waals surface area contributed by atoms with Gasteiger partial charge in [-0.1, -0.05) is 113 Å². The Morgan fingerprint density at radius 1 is 0.667 bits per heavy atom. The molecule has 0 saturated heterocycles. The number of carbonyl (C=O) groups is 2. The molecule has 42 heavy (non-hydrogen) atoms. The number of carbonyl (C=O) groups excluding carboxylic acids is 2. The molecule has 0 aromatic heterocycles. The van der Waals surface area contributed by atoms with Gasteiger partial charge in [-0.25, -0.2) is 4.79 Å². The Labute approximate surface area is 250 Å². The first-order valence-corrected chi connectivity index (χ1v) is 14.6. The summed E-state index contributed by atoms with van der Waals surface area (Å²) >= 11 is 1.74. The van der Waals surface area contributed by atoms with Crippen LogP contribution in [-0.2, 0) is 15.0 Å². The molecule has 0 bridgehead atoms. The minimum atomic E-state index is -0.658. The van der Waals surface area contributed by atoms with Crippen LogP contribution in [0.3, 0.4) is 0 Å². The Balaban J connectivity index is 1.59. The zero-order valence-corrected chi connectivity index (χ0v) is 24.4. The van der Waals surface area contributed by atoms with Crippen molar-refractivity contribution in [2.45, 2.75) is 36.0 Å². The van der Waals surface area contributed by atoms with Crippen LogP contribution < -0.4 is 0 Å². The lowest BCUT2D eigenvalue weighted by Crippen LogP contribution is -2.29. The third kappa shape index (κ3) is 4.86. The topological polar surface area (TPSA) is 55.7 Å². The van der Waals surface area contributed by atoms with Gasteiger partial charge in [-0.3, -0.25) is 4.79 Å². The Bertz CT molecular complexity index is 1790. The second-order valence-corrected chi connectivity index (χ2v) is 11.6. The second-order valence-electron chi connectivity index (χ2n) is 10.5. The third-order valence-electron chi connectivity index (χ3n) is 7.68. The molecule has 1 aliphatic rings. The van der Waals surface area contributed by atoms with Gasteiger partial charge in [0.15, 0.2) is 0 Å². The van der Waals surface area contributed by atoms with E-state index in [0.29, 0.717) is 5.56 Å². The molecule has 4 nitrogen and oxygen atoms in total. The normalized spacial score (nSPS) is 13.3. The summed E-state index contributed by atoms with van der Waals surface area (Å²) in [6.07, 6.45) is 0. The number of benzene rings is 5. The van der Waals surface area contributed by atoms with Crippen LogP contribution in [0.2, 0.25) is 0 Å². The summed E-state index contributed by atoms with van der Waals surface area (Å²) in [6.45, 7) is 4.91. The molecule has 0 spiro atoms. The van der Waals surface area contributed by atoms with E-state index >= 15 is 0 Å². The Morgan fingerprint density at radius 3 is 1.81 bits per heavy atom. The molecule has 0 aliphatic heterocycles. The van der Waals surface area contributed by atoms with E-state index in [0.717, 1.165) is 32.7 Å². The fourth-order valence-electron chi connectivity index (χ4n) is 5.80. The average Bonchev–Trinajstić information content (AvgIpc) is 3.31. The number of ketones is 1. The van der Waals surface area contributed by atoms with Gasteiger partial charge >= 0.3 is 5.97 Å². The van der Waals surface area contributed by atoms with Crippen molar-refractivity contribution in [3.63, 3.8) is 0 Å². The Hall–Kier alpha value is -4.74. The number of Topliss-reactive ketones (excluding diaryl/α,β-unsaturated/α-hetero) is 1. The van der Waals surface area contributed by atoms with Crippen LogP contribution in [0, 0.1) is 6.92 Å². The molecule has 206 valence electrons. The molecule has 0 amide bonds. The molecule has 1 aliphatic carbocycles. The Kier molecular flexibility index (Phi) is 7.36. The highest BCUT2D eigenvalue weighted by Crippen LogP contribution is 2.57. The number of aryl methyl sites for hydroxylation is 1. The van der Waals surface area contributed by atoms with Gasteiger partial charge < -0.3 is 4.84 Å². The maximum atomic E-state index is 13.5. The first kappa shape index (κ1) is 27.4. The highest BCUT2D eigenvalue weighted by molar-refractivity contribution is 7.99. The monoisotopic (exact) mass is 567 g/mol. The van der Waals surface area contributed by atoms with Gasteiger partial charge in [0, 0.05) is 22.3 Å². The van der Waals surface area contributed by atoms with E-state index in [2.05, 4.69) is 103 Å². The summed E-state index contributed by atoms with van der Waals surface area (Å²) in [6, 6.07) is 42.0. The minimum absolute atomic E-state index is 0.113. The van der Waals surface area contributed by atoms with Crippen molar-refractivity contribution >= 4 is 29.2 Å². The fraction of sp³-hybridized carbons (Fsp3) is 0.108. The van der Waals surface area contributed by atoms with Gasteiger partial charge in [0.2, 0.25) is 5.78 Å². The van der Waals surface area contributed by atoms with E-state index in [1.165, 1.54) is 22.9 Å². The van der Waals surface area contributed by atoms with Crippen molar-refractivity contribution in [3.8, 4) is 11.1 Å². The van der Waals surface area contributed by atoms with Gasteiger partial charge in [0.05, 0.1) is 5.41 Å². The molecule has 5 aromatic carbocycles. The summed E-state index contributed by atoms with van der Waals surface area (Å²) in [7, 11) is 0. The highest BCUT2D eigenvalue weighted by atomic mass is 32.2. The summed E-state index contributed by atoms with van der Waals surface area (Å²) in [5.74, 6) is -0.862. The standard InChI is InChI=1S/C37H29NO3S/c1-24-14-17-30(18-15-24)42-31-19-21-33-32-20-16-27(36(40)25(2)38-41-26(3)39)22-34(32)37(35(33)23-31,28-10-6-4-7-11-28)29-12-8-5-9-13-29/h4-23H,1-3H3. The van der Waals surface area contributed by atoms with Crippen LogP contribution in [0.1, 0.15) is 52.0 Å². The maximum absolute atomic E-state index is 13.5. The van der Waals surface area contributed by atoms with E-state index < -0.39 is 11.4 Å². The summed E-state index contributed by atoms with van der Waals surface area (Å²) < 4.78 is 0. The first-order chi connectivity index (χ1) is 20.4. The van der Waals surface area contributed by atoms with Gasteiger partial charge in [0.25, 0.3) is 0 Å². The predicted octanol–water partition coefficient (Wildman–Crippen LogP) is 8.63. The molecule has 0 fully saturated rings. The van der Waals surface area contributed by atoms with Crippen molar-refractivity contribution in [1.82, 2.24) is 0 Å². The molecule has 0 unspecified atom stereocenters. The average molecular weight is 568 g/mol. The number of oxime groups is 1. The molecule has 6 rings (SSSR count).